The Hall–Kier alpha value is -1.45. The predicted molar refractivity (Wildman–Crippen MR) is 106 cm³/mol. The number of ether oxygens (including phenoxy) is 1. The number of furan rings is 1. The molecule has 1 aliphatic heterocycles. The van der Waals surface area contributed by atoms with Crippen molar-refractivity contribution in [3.8, 4) is 0 Å². The van der Waals surface area contributed by atoms with Crippen molar-refractivity contribution in [2.75, 3.05) is 26.1 Å². The summed E-state index contributed by atoms with van der Waals surface area (Å²) < 4.78 is 35.2. The van der Waals surface area contributed by atoms with E-state index in [1.54, 1.807) is 12.1 Å². The first-order valence-corrected chi connectivity index (χ1v) is 11.2. The lowest BCUT2D eigenvalue weighted by molar-refractivity contribution is 0.182. The van der Waals surface area contributed by atoms with Crippen LogP contribution in [0.2, 0.25) is 0 Å². The molecule has 0 bridgehead atoms. The quantitative estimate of drug-likeness (QED) is 0.473. The first-order chi connectivity index (χ1) is 13.4. The maximum atomic E-state index is 12.3. The summed E-state index contributed by atoms with van der Waals surface area (Å²) in [6, 6.07) is 3.49. The lowest BCUT2D eigenvalue weighted by atomic mass is 9.94. The predicted octanol–water partition coefficient (Wildman–Crippen LogP) is 1.83. The van der Waals surface area contributed by atoms with Crippen LogP contribution < -0.4 is 0 Å². The highest BCUT2D eigenvalue weighted by atomic mass is 32.2. The van der Waals surface area contributed by atoms with E-state index in [1.165, 1.54) is 7.11 Å². The molecule has 8 heteroatoms. The summed E-state index contributed by atoms with van der Waals surface area (Å²) in [4.78, 5) is 0. The third-order valence-electron chi connectivity index (χ3n) is 4.90. The standard InChI is InChI=1S/C20H30O7S/c1-3-4-14(9-16-6-7-17(10-21)27-16)5-8-18(23)20-15(12-26-2)13-28(24,25)19(20)11-22/h6-7,9,18-19,21-23H,3-5,8,10-13H2,1-2H3/b14-9+/t18-,19+/m1/s1. The summed E-state index contributed by atoms with van der Waals surface area (Å²) in [5.41, 5.74) is 1.98. The fraction of sp³-hybridized carbons (Fsp3) is 0.600. The molecule has 158 valence electrons. The van der Waals surface area contributed by atoms with Gasteiger partial charge in [-0.25, -0.2) is 8.42 Å². The van der Waals surface area contributed by atoms with Gasteiger partial charge >= 0.3 is 0 Å². The highest BCUT2D eigenvalue weighted by molar-refractivity contribution is 7.92. The maximum absolute atomic E-state index is 12.3. The summed E-state index contributed by atoms with van der Waals surface area (Å²) in [6.07, 6.45) is 3.56. The lowest BCUT2D eigenvalue weighted by Crippen LogP contribution is -2.29. The molecule has 0 aliphatic carbocycles. The average molecular weight is 415 g/mol. The molecule has 1 aromatic heterocycles. The summed E-state index contributed by atoms with van der Waals surface area (Å²) in [7, 11) is -2.04. The fourth-order valence-electron chi connectivity index (χ4n) is 3.64. The van der Waals surface area contributed by atoms with Crippen molar-refractivity contribution in [3.63, 3.8) is 0 Å². The Morgan fingerprint density at radius 3 is 2.68 bits per heavy atom. The van der Waals surface area contributed by atoms with Crippen molar-refractivity contribution in [1.82, 2.24) is 0 Å². The number of rotatable bonds is 11. The summed E-state index contributed by atoms with van der Waals surface area (Å²) >= 11 is 0. The molecule has 0 fully saturated rings. The van der Waals surface area contributed by atoms with Gasteiger partial charge in [0.25, 0.3) is 0 Å². The summed E-state index contributed by atoms with van der Waals surface area (Å²) in [5.74, 6) is 0.934. The van der Waals surface area contributed by atoms with Crippen LogP contribution in [0.1, 0.15) is 44.1 Å². The van der Waals surface area contributed by atoms with Crippen LogP contribution in [0.5, 0.6) is 0 Å². The first kappa shape index (κ1) is 22.8. The molecule has 0 amide bonds. The van der Waals surface area contributed by atoms with Crippen LogP contribution in [-0.2, 0) is 21.2 Å². The van der Waals surface area contributed by atoms with Crippen molar-refractivity contribution in [3.05, 3.63) is 40.4 Å². The van der Waals surface area contributed by atoms with Gasteiger partial charge in [0.15, 0.2) is 9.84 Å². The van der Waals surface area contributed by atoms with Crippen molar-refractivity contribution in [1.29, 1.82) is 0 Å². The molecule has 0 saturated carbocycles. The van der Waals surface area contributed by atoms with E-state index >= 15 is 0 Å². The van der Waals surface area contributed by atoms with Crippen LogP contribution in [0.3, 0.4) is 0 Å². The van der Waals surface area contributed by atoms with Gasteiger partial charge in [-0.3, -0.25) is 0 Å². The topological polar surface area (TPSA) is 117 Å². The molecular formula is C20H30O7S. The van der Waals surface area contributed by atoms with Crippen LogP contribution in [0.15, 0.2) is 33.3 Å². The Morgan fingerprint density at radius 1 is 1.36 bits per heavy atom. The molecule has 7 nitrogen and oxygen atoms in total. The van der Waals surface area contributed by atoms with E-state index in [1.807, 2.05) is 6.08 Å². The molecule has 0 saturated heterocycles. The van der Waals surface area contributed by atoms with Gasteiger partial charge in [-0.1, -0.05) is 18.9 Å². The van der Waals surface area contributed by atoms with Gasteiger partial charge in [0.2, 0.25) is 0 Å². The first-order valence-electron chi connectivity index (χ1n) is 9.46. The van der Waals surface area contributed by atoms with Crippen LogP contribution in [0.25, 0.3) is 6.08 Å². The van der Waals surface area contributed by atoms with Gasteiger partial charge in [0.1, 0.15) is 23.4 Å². The molecule has 0 spiro atoms. The van der Waals surface area contributed by atoms with Gasteiger partial charge < -0.3 is 24.5 Å². The van der Waals surface area contributed by atoms with Gasteiger partial charge in [-0.2, -0.15) is 0 Å². The van der Waals surface area contributed by atoms with Gasteiger partial charge in [0.05, 0.1) is 25.1 Å². The number of aliphatic hydroxyl groups is 3. The van der Waals surface area contributed by atoms with Crippen LogP contribution in [0.4, 0.5) is 0 Å². The normalized spacial score (nSPS) is 20.8. The minimum atomic E-state index is -3.52. The Kier molecular flexibility index (Phi) is 8.45. The van der Waals surface area contributed by atoms with Crippen LogP contribution >= 0.6 is 0 Å². The highest BCUT2D eigenvalue weighted by Crippen LogP contribution is 2.32. The Balaban J connectivity index is 2.16. The minimum Gasteiger partial charge on any atom is -0.459 e. The molecule has 0 unspecified atom stereocenters. The van der Waals surface area contributed by atoms with E-state index in [4.69, 9.17) is 14.3 Å². The van der Waals surface area contributed by atoms with Gasteiger partial charge in [0, 0.05) is 7.11 Å². The second-order valence-electron chi connectivity index (χ2n) is 7.04. The Labute approximate surface area is 166 Å². The number of aliphatic hydroxyl groups excluding tert-OH is 3. The van der Waals surface area contributed by atoms with Crippen LogP contribution in [-0.4, -0.2) is 61.2 Å². The molecule has 2 atom stereocenters. The monoisotopic (exact) mass is 414 g/mol. The smallest absolute Gasteiger partial charge is 0.163 e. The number of hydrogen-bond acceptors (Lipinski definition) is 7. The molecule has 2 rings (SSSR count). The van der Waals surface area contributed by atoms with E-state index in [2.05, 4.69) is 6.92 Å². The van der Waals surface area contributed by atoms with E-state index < -0.39 is 27.8 Å². The largest absolute Gasteiger partial charge is 0.459 e. The maximum Gasteiger partial charge on any atom is 0.163 e. The molecule has 28 heavy (non-hydrogen) atoms. The van der Waals surface area contributed by atoms with Crippen molar-refractivity contribution >= 4 is 15.9 Å². The zero-order chi connectivity index (χ0) is 20.7. The molecule has 2 heterocycles. The average Bonchev–Trinajstić information content (AvgIpc) is 3.20. The Bertz CT molecular complexity index is 804. The summed E-state index contributed by atoms with van der Waals surface area (Å²) in [5, 5.41) is 28.4. The molecule has 0 radical (unpaired) electrons. The van der Waals surface area contributed by atoms with E-state index in [0.717, 1.165) is 18.4 Å². The lowest BCUT2D eigenvalue weighted by Gasteiger charge is -2.19. The molecular weight excluding hydrogens is 384 g/mol. The summed E-state index contributed by atoms with van der Waals surface area (Å²) in [6.45, 7) is 1.46. The van der Waals surface area contributed by atoms with Crippen molar-refractivity contribution < 1.29 is 32.9 Å². The molecule has 0 aromatic carbocycles. The third kappa shape index (κ3) is 5.55. The van der Waals surface area contributed by atoms with Gasteiger partial charge in [-0.15, -0.1) is 0 Å². The zero-order valence-corrected chi connectivity index (χ0v) is 17.2. The van der Waals surface area contributed by atoms with Crippen molar-refractivity contribution in [2.24, 2.45) is 0 Å². The second-order valence-corrected chi connectivity index (χ2v) is 9.22. The number of sulfone groups is 1. The fourth-order valence-corrected chi connectivity index (χ4v) is 5.51. The Morgan fingerprint density at radius 2 is 2.11 bits per heavy atom. The second kappa shape index (κ2) is 10.4. The van der Waals surface area contributed by atoms with E-state index in [0.29, 0.717) is 35.5 Å². The zero-order valence-electron chi connectivity index (χ0n) is 16.4. The van der Waals surface area contributed by atoms with E-state index in [9.17, 15) is 18.6 Å². The minimum absolute atomic E-state index is 0.121. The van der Waals surface area contributed by atoms with Gasteiger partial charge in [-0.05, 0) is 48.6 Å². The number of hydrogen-bond donors (Lipinski definition) is 3. The molecule has 1 aromatic rings. The molecule has 3 N–H and O–H groups in total. The SMILES string of the molecule is CCC/C(=C\c1ccc(CO)o1)CC[C@@H](O)C1=C(COC)CS(=O)(=O)[C@H]1CO. The van der Waals surface area contributed by atoms with Crippen LogP contribution in [0, 0.1) is 0 Å². The van der Waals surface area contributed by atoms with E-state index in [-0.39, 0.29) is 19.0 Å². The number of allylic oxidation sites excluding steroid dienone is 1. The third-order valence-corrected chi connectivity index (χ3v) is 6.92. The molecule has 1 aliphatic rings. The van der Waals surface area contributed by atoms with Crippen molar-refractivity contribution in [2.45, 2.75) is 50.6 Å². The highest BCUT2D eigenvalue weighted by Gasteiger charge is 2.40. The number of methoxy groups -OCH3 is 1.